The van der Waals surface area contributed by atoms with Crippen LogP contribution in [-0.2, 0) is 4.79 Å². The SMILES string of the molecule is O=C1Nc2cc(Cl)ccc2/C1=C\c1c(-c2ccccc2)nc2ccccn12. The maximum Gasteiger partial charge on any atom is 0.256 e. The number of fused-ring (bicyclic) bond motifs is 2. The van der Waals surface area contributed by atoms with Crippen molar-refractivity contribution in [1.82, 2.24) is 9.38 Å². The molecule has 5 heteroatoms. The van der Waals surface area contributed by atoms with Crippen molar-refractivity contribution < 1.29 is 4.79 Å². The van der Waals surface area contributed by atoms with Crippen molar-refractivity contribution in [3.8, 4) is 11.3 Å². The highest BCUT2D eigenvalue weighted by atomic mass is 35.5. The van der Waals surface area contributed by atoms with Crippen LogP contribution in [0.25, 0.3) is 28.6 Å². The average Bonchev–Trinajstić information content (AvgIpc) is 3.20. The summed E-state index contributed by atoms with van der Waals surface area (Å²) in [5, 5.41) is 3.48. The zero-order valence-electron chi connectivity index (χ0n) is 14.2. The van der Waals surface area contributed by atoms with E-state index in [0.29, 0.717) is 10.6 Å². The summed E-state index contributed by atoms with van der Waals surface area (Å²) in [4.78, 5) is 17.4. The molecule has 0 aliphatic carbocycles. The van der Waals surface area contributed by atoms with Gasteiger partial charge in [-0.25, -0.2) is 4.98 Å². The lowest BCUT2D eigenvalue weighted by Crippen LogP contribution is -2.04. The number of rotatable bonds is 2. The highest BCUT2D eigenvalue weighted by Gasteiger charge is 2.25. The molecular formula is C22H14ClN3O. The Kier molecular flexibility index (Phi) is 3.59. The molecule has 0 fully saturated rings. The van der Waals surface area contributed by atoms with Crippen LogP contribution in [0.3, 0.4) is 0 Å². The van der Waals surface area contributed by atoms with Crippen LogP contribution in [0, 0.1) is 0 Å². The number of anilines is 1. The van der Waals surface area contributed by atoms with E-state index in [1.54, 1.807) is 12.1 Å². The molecule has 0 saturated carbocycles. The molecule has 5 rings (SSSR count). The maximum absolute atomic E-state index is 12.6. The van der Waals surface area contributed by atoms with E-state index in [9.17, 15) is 4.79 Å². The zero-order chi connectivity index (χ0) is 18.4. The fraction of sp³-hybridized carbons (Fsp3) is 0. The lowest BCUT2D eigenvalue weighted by Gasteiger charge is -2.03. The molecule has 0 spiro atoms. The summed E-state index contributed by atoms with van der Waals surface area (Å²) in [5.74, 6) is -0.142. The van der Waals surface area contributed by atoms with E-state index >= 15 is 0 Å². The summed E-state index contributed by atoms with van der Waals surface area (Å²) in [6, 6.07) is 21.3. The summed E-state index contributed by atoms with van der Waals surface area (Å²) in [6.45, 7) is 0. The van der Waals surface area contributed by atoms with Gasteiger partial charge in [0.05, 0.1) is 22.6 Å². The van der Waals surface area contributed by atoms with Gasteiger partial charge >= 0.3 is 0 Å². The van der Waals surface area contributed by atoms with E-state index in [-0.39, 0.29) is 5.91 Å². The third-order valence-electron chi connectivity index (χ3n) is 4.66. The number of aromatic nitrogens is 2. The number of benzene rings is 2. The van der Waals surface area contributed by atoms with Crippen LogP contribution in [0.15, 0.2) is 72.9 Å². The molecule has 0 atom stereocenters. The van der Waals surface area contributed by atoms with Gasteiger partial charge in [-0.05, 0) is 30.3 Å². The molecule has 0 bridgehead atoms. The minimum absolute atomic E-state index is 0.142. The fourth-order valence-electron chi connectivity index (χ4n) is 3.41. The number of nitrogens with zero attached hydrogens (tertiary/aromatic N) is 2. The molecule has 1 aliphatic heterocycles. The topological polar surface area (TPSA) is 46.4 Å². The van der Waals surface area contributed by atoms with Crippen molar-refractivity contribution in [2.75, 3.05) is 5.32 Å². The minimum atomic E-state index is -0.142. The molecule has 1 amide bonds. The molecule has 0 radical (unpaired) electrons. The molecule has 3 heterocycles. The normalized spacial score (nSPS) is 14.6. The number of pyridine rings is 1. The molecular weight excluding hydrogens is 358 g/mol. The third-order valence-corrected chi connectivity index (χ3v) is 4.89. The molecule has 4 nitrogen and oxygen atoms in total. The van der Waals surface area contributed by atoms with Crippen molar-refractivity contribution in [3.63, 3.8) is 0 Å². The second-order valence-corrected chi connectivity index (χ2v) is 6.78. The van der Waals surface area contributed by atoms with Crippen molar-refractivity contribution in [3.05, 3.63) is 89.2 Å². The quantitative estimate of drug-likeness (QED) is 0.495. The molecule has 0 saturated heterocycles. The number of amides is 1. The lowest BCUT2D eigenvalue weighted by atomic mass is 10.0. The molecule has 2 aromatic heterocycles. The van der Waals surface area contributed by atoms with E-state index < -0.39 is 0 Å². The van der Waals surface area contributed by atoms with E-state index in [4.69, 9.17) is 16.6 Å². The third kappa shape index (κ3) is 2.62. The summed E-state index contributed by atoms with van der Waals surface area (Å²) in [6.07, 6.45) is 3.86. The lowest BCUT2D eigenvalue weighted by molar-refractivity contribution is -0.110. The number of hydrogen-bond acceptors (Lipinski definition) is 2. The first-order valence-corrected chi connectivity index (χ1v) is 8.94. The maximum atomic E-state index is 12.6. The number of nitrogens with one attached hydrogen (secondary N) is 1. The number of hydrogen-bond donors (Lipinski definition) is 1. The van der Waals surface area contributed by atoms with Gasteiger partial charge in [-0.15, -0.1) is 0 Å². The zero-order valence-corrected chi connectivity index (χ0v) is 14.9. The second kappa shape index (κ2) is 6.11. The molecule has 4 aromatic rings. The molecule has 2 aromatic carbocycles. The van der Waals surface area contributed by atoms with E-state index in [2.05, 4.69) is 5.32 Å². The van der Waals surface area contributed by atoms with Crippen LogP contribution in [0.4, 0.5) is 5.69 Å². The van der Waals surface area contributed by atoms with E-state index in [0.717, 1.165) is 33.8 Å². The number of carbonyl (C=O) groups is 1. The summed E-state index contributed by atoms with van der Waals surface area (Å²) in [5.41, 5.74) is 5.71. The first kappa shape index (κ1) is 15.9. The fourth-order valence-corrected chi connectivity index (χ4v) is 3.58. The Balaban J connectivity index is 1.77. The molecule has 0 unspecified atom stereocenters. The van der Waals surface area contributed by atoms with Gasteiger partial charge in [0, 0.05) is 22.3 Å². The van der Waals surface area contributed by atoms with Gasteiger partial charge in [0.2, 0.25) is 0 Å². The van der Waals surface area contributed by atoms with Crippen molar-refractivity contribution >= 4 is 40.5 Å². The monoisotopic (exact) mass is 371 g/mol. The molecule has 27 heavy (non-hydrogen) atoms. The van der Waals surface area contributed by atoms with Crippen molar-refractivity contribution in [1.29, 1.82) is 0 Å². The first-order chi connectivity index (χ1) is 13.2. The van der Waals surface area contributed by atoms with Crippen LogP contribution >= 0.6 is 11.6 Å². The van der Waals surface area contributed by atoms with Crippen LogP contribution < -0.4 is 5.32 Å². The van der Waals surface area contributed by atoms with Gasteiger partial charge in [0.1, 0.15) is 5.65 Å². The van der Waals surface area contributed by atoms with Crippen molar-refractivity contribution in [2.45, 2.75) is 0 Å². The minimum Gasteiger partial charge on any atom is -0.321 e. The standard InChI is InChI=1S/C22H14ClN3O/c23-15-9-10-16-17(22(27)24-18(16)12-15)13-19-21(14-6-2-1-3-7-14)25-20-8-4-5-11-26(19)20/h1-13H,(H,24,27)/b17-13+. The molecule has 1 N–H and O–H groups in total. The Morgan fingerprint density at radius 2 is 1.81 bits per heavy atom. The van der Waals surface area contributed by atoms with Crippen LogP contribution in [0.1, 0.15) is 11.3 Å². The smallest absolute Gasteiger partial charge is 0.256 e. The van der Waals surface area contributed by atoms with Gasteiger partial charge < -0.3 is 5.32 Å². The van der Waals surface area contributed by atoms with Crippen LogP contribution in [0.5, 0.6) is 0 Å². The van der Waals surface area contributed by atoms with Gasteiger partial charge in [-0.1, -0.05) is 54.1 Å². The van der Waals surface area contributed by atoms with Gasteiger partial charge in [0.25, 0.3) is 5.91 Å². The number of imidazole rings is 1. The van der Waals surface area contributed by atoms with Crippen molar-refractivity contribution in [2.24, 2.45) is 0 Å². The highest BCUT2D eigenvalue weighted by molar-refractivity contribution is 6.36. The number of halogens is 1. The predicted molar refractivity (Wildman–Crippen MR) is 109 cm³/mol. The highest BCUT2D eigenvalue weighted by Crippen LogP contribution is 2.36. The second-order valence-electron chi connectivity index (χ2n) is 6.34. The van der Waals surface area contributed by atoms with E-state index in [1.165, 1.54) is 0 Å². The predicted octanol–water partition coefficient (Wildman–Crippen LogP) is 5.15. The largest absolute Gasteiger partial charge is 0.321 e. The van der Waals surface area contributed by atoms with E-state index in [1.807, 2.05) is 71.3 Å². The van der Waals surface area contributed by atoms with Gasteiger partial charge in [-0.2, -0.15) is 0 Å². The molecule has 1 aliphatic rings. The summed E-state index contributed by atoms with van der Waals surface area (Å²) in [7, 11) is 0. The Bertz CT molecular complexity index is 1230. The Morgan fingerprint density at radius 1 is 1.00 bits per heavy atom. The Morgan fingerprint density at radius 3 is 2.67 bits per heavy atom. The number of carbonyl (C=O) groups excluding carboxylic acids is 1. The van der Waals surface area contributed by atoms with Crippen LogP contribution in [-0.4, -0.2) is 15.3 Å². The molecule has 130 valence electrons. The summed E-state index contributed by atoms with van der Waals surface area (Å²) >= 11 is 6.06. The summed E-state index contributed by atoms with van der Waals surface area (Å²) < 4.78 is 2.00. The Labute approximate surface area is 160 Å². The first-order valence-electron chi connectivity index (χ1n) is 8.56. The van der Waals surface area contributed by atoms with Gasteiger partial charge in [0.15, 0.2) is 0 Å². The van der Waals surface area contributed by atoms with Crippen LogP contribution in [0.2, 0.25) is 5.02 Å². The average molecular weight is 372 g/mol. The van der Waals surface area contributed by atoms with Gasteiger partial charge in [-0.3, -0.25) is 9.20 Å². The Hall–Kier alpha value is -3.37.